The Morgan fingerprint density at radius 2 is 2.15 bits per heavy atom. The van der Waals surface area contributed by atoms with Gasteiger partial charge in [0.25, 0.3) is 0 Å². The maximum Gasteiger partial charge on any atom is 0.315 e. The Morgan fingerprint density at radius 3 is 2.89 bits per heavy atom. The first-order valence-electron chi connectivity index (χ1n) is 9.06. The minimum atomic E-state index is -0.156. The van der Waals surface area contributed by atoms with E-state index < -0.39 is 0 Å². The molecule has 0 bridgehead atoms. The van der Waals surface area contributed by atoms with E-state index in [1.807, 2.05) is 29.8 Å². The molecule has 1 saturated heterocycles. The van der Waals surface area contributed by atoms with Gasteiger partial charge in [0, 0.05) is 37.8 Å². The lowest BCUT2D eigenvalue weighted by Crippen LogP contribution is -2.43. The molecule has 27 heavy (non-hydrogen) atoms. The van der Waals surface area contributed by atoms with Crippen molar-refractivity contribution >= 4 is 22.5 Å². The van der Waals surface area contributed by atoms with Crippen LogP contribution in [0.5, 0.6) is 11.5 Å². The lowest BCUT2D eigenvalue weighted by molar-refractivity contribution is 0.237. The molecular formula is C19H26N4O3S. The predicted molar refractivity (Wildman–Crippen MR) is 107 cm³/mol. The molecule has 0 spiro atoms. The molecule has 2 amide bonds. The van der Waals surface area contributed by atoms with Crippen molar-refractivity contribution in [1.82, 2.24) is 15.6 Å². The van der Waals surface area contributed by atoms with Crippen LogP contribution in [-0.4, -0.2) is 44.9 Å². The minimum absolute atomic E-state index is 0.156. The van der Waals surface area contributed by atoms with Crippen molar-refractivity contribution in [2.45, 2.75) is 19.4 Å². The molecule has 1 aromatic heterocycles. The first-order valence-corrected chi connectivity index (χ1v) is 9.94. The monoisotopic (exact) mass is 390 g/mol. The lowest BCUT2D eigenvalue weighted by Gasteiger charge is -2.32. The van der Waals surface area contributed by atoms with E-state index in [0.29, 0.717) is 30.5 Å². The first kappa shape index (κ1) is 19.3. The summed E-state index contributed by atoms with van der Waals surface area (Å²) in [5.41, 5.74) is 0.954. The summed E-state index contributed by atoms with van der Waals surface area (Å²) in [6.07, 6.45) is 4.08. The van der Waals surface area contributed by atoms with Gasteiger partial charge in [0.15, 0.2) is 16.6 Å². The van der Waals surface area contributed by atoms with Crippen molar-refractivity contribution in [3.8, 4) is 11.5 Å². The van der Waals surface area contributed by atoms with Crippen LogP contribution >= 0.6 is 11.3 Å². The van der Waals surface area contributed by atoms with Crippen LogP contribution in [0, 0.1) is 5.92 Å². The van der Waals surface area contributed by atoms with Crippen LogP contribution in [0.25, 0.3) is 0 Å². The van der Waals surface area contributed by atoms with Crippen LogP contribution in [0.2, 0.25) is 0 Å². The Kier molecular flexibility index (Phi) is 6.75. The summed E-state index contributed by atoms with van der Waals surface area (Å²) in [6.45, 7) is 3.07. The molecule has 1 fully saturated rings. The van der Waals surface area contributed by atoms with Gasteiger partial charge in [-0.1, -0.05) is 6.07 Å². The van der Waals surface area contributed by atoms with Gasteiger partial charge in [0.2, 0.25) is 0 Å². The molecule has 2 N–H and O–H groups in total. The summed E-state index contributed by atoms with van der Waals surface area (Å²) in [4.78, 5) is 18.8. The standard InChI is InChI=1S/C19H26N4O3S/c1-25-16-6-5-14(10-17(16)26-2)11-21-18(24)22-12-15-4-3-8-23(13-15)19-20-7-9-27-19/h5-7,9-10,15H,3-4,8,11-13H2,1-2H3,(H2,21,22,24). The molecule has 8 heteroatoms. The van der Waals surface area contributed by atoms with Gasteiger partial charge in [-0.3, -0.25) is 0 Å². The van der Waals surface area contributed by atoms with E-state index in [-0.39, 0.29) is 6.03 Å². The number of rotatable bonds is 7. The molecule has 1 aliphatic heterocycles. The van der Waals surface area contributed by atoms with Crippen molar-refractivity contribution in [3.05, 3.63) is 35.3 Å². The highest BCUT2D eigenvalue weighted by atomic mass is 32.1. The fourth-order valence-electron chi connectivity index (χ4n) is 3.25. The molecule has 0 radical (unpaired) electrons. The summed E-state index contributed by atoms with van der Waals surface area (Å²) in [6, 6.07) is 5.46. The second kappa shape index (κ2) is 9.45. The normalized spacial score (nSPS) is 16.7. The zero-order valence-electron chi connectivity index (χ0n) is 15.7. The number of methoxy groups -OCH3 is 2. The fraction of sp³-hybridized carbons (Fsp3) is 0.474. The maximum atomic E-state index is 12.1. The predicted octanol–water partition coefficient (Wildman–Crippen LogP) is 2.88. The molecule has 1 atom stereocenters. The van der Waals surface area contributed by atoms with Crippen LogP contribution in [0.1, 0.15) is 18.4 Å². The highest BCUT2D eigenvalue weighted by molar-refractivity contribution is 7.13. The van der Waals surface area contributed by atoms with Gasteiger partial charge in [-0.05, 0) is 36.5 Å². The van der Waals surface area contributed by atoms with E-state index in [2.05, 4.69) is 20.5 Å². The topological polar surface area (TPSA) is 75.7 Å². The van der Waals surface area contributed by atoms with Gasteiger partial charge in [-0.2, -0.15) is 0 Å². The Balaban J connectivity index is 1.43. The van der Waals surface area contributed by atoms with Gasteiger partial charge >= 0.3 is 6.03 Å². The second-order valence-electron chi connectivity index (χ2n) is 6.52. The van der Waals surface area contributed by atoms with Crippen LogP contribution in [0.4, 0.5) is 9.93 Å². The summed E-state index contributed by atoms with van der Waals surface area (Å²) in [7, 11) is 3.20. The zero-order valence-corrected chi connectivity index (χ0v) is 16.6. The summed E-state index contributed by atoms with van der Waals surface area (Å²) in [5, 5.41) is 8.95. The Bertz CT molecular complexity index is 739. The van der Waals surface area contributed by atoms with Crippen molar-refractivity contribution in [2.24, 2.45) is 5.92 Å². The van der Waals surface area contributed by atoms with Crippen LogP contribution in [0.15, 0.2) is 29.8 Å². The maximum absolute atomic E-state index is 12.1. The molecule has 2 heterocycles. The van der Waals surface area contributed by atoms with E-state index in [1.54, 1.807) is 25.6 Å². The quantitative estimate of drug-likeness (QED) is 0.760. The number of hydrogen-bond acceptors (Lipinski definition) is 6. The number of benzene rings is 1. The summed E-state index contributed by atoms with van der Waals surface area (Å²) < 4.78 is 10.5. The minimum Gasteiger partial charge on any atom is -0.493 e. The molecule has 3 rings (SSSR count). The number of carbonyl (C=O) groups is 1. The highest BCUT2D eigenvalue weighted by Crippen LogP contribution is 2.27. The van der Waals surface area contributed by atoms with Gasteiger partial charge in [-0.15, -0.1) is 11.3 Å². The molecule has 1 aromatic carbocycles. The number of hydrogen-bond donors (Lipinski definition) is 2. The molecule has 2 aromatic rings. The number of anilines is 1. The molecule has 7 nitrogen and oxygen atoms in total. The van der Waals surface area contributed by atoms with E-state index >= 15 is 0 Å². The Labute approximate surface area is 163 Å². The van der Waals surface area contributed by atoms with Crippen LogP contribution in [0.3, 0.4) is 0 Å². The van der Waals surface area contributed by atoms with E-state index in [0.717, 1.165) is 36.6 Å². The third kappa shape index (κ3) is 5.26. The van der Waals surface area contributed by atoms with Crippen LogP contribution < -0.4 is 25.0 Å². The number of aromatic nitrogens is 1. The first-order chi connectivity index (χ1) is 13.2. The van der Waals surface area contributed by atoms with Crippen LogP contribution in [-0.2, 0) is 6.54 Å². The summed E-state index contributed by atoms with van der Waals surface area (Å²) in [5.74, 6) is 1.77. The number of amides is 2. The number of nitrogens with one attached hydrogen (secondary N) is 2. The molecule has 0 saturated carbocycles. The Morgan fingerprint density at radius 1 is 1.30 bits per heavy atom. The number of ether oxygens (including phenoxy) is 2. The van der Waals surface area contributed by atoms with Crippen molar-refractivity contribution < 1.29 is 14.3 Å². The van der Waals surface area contributed by atoms with Crippen molar-refractivity contribution in [2.75, 3.05) is 38.8 Å². The highest BCUT2D eigenvalue weighted by Gasteiger charge is 2.21. The number of carbonyl (C=O) groups excluding carboxylic acids is 1. The van der Waals surface area contributed by atoms with Gasteiger partial charge < -0.3 is 25.0 Å². The number of urea groups is 1. The molecule has 1 unspecified atom stereocenters. The average molecular weight is 391 g/mol. The van der Waals surface area contributed by atoms with Gasteiger partial charge in [0.05, 0.1) is 14.2 Å². The smallest absolute Gasteiger partial charge is 0.315 e. The van der Waals surface area contributed by atoms with Crippen molar-refractivity contribution in [1.29, 1.82) is 0 Å². The number of thiazole rings is 1. The molecule has 1 aliphatic rings. The third-order valence-electron chi connectivity index (χ3n) is 4.66. The van der Waals surface area contributed by atoms with Gasteiger partial charge in [0.1, 0.15) is 0 Å². The lowest BCUT2D eigenvalue weighted by atomic mass is 9.98. The van der Waals surface area contributed by atoms with Gasteiger partial charge in [-0.25, -0.2) is 9.78 Å². The fourth-order valence-corrected chi connectivity index (χ4v) is 3.93. The number of nitrogens with zero attached hydrogens (tertiary/aromatic N) is 2. The number of piperidine rings is 1. The second-order valence-corrected chi connectivity index (χ2v) is 7.39. The SMILES string of the molecule is COc1ccc(CNC(=O)NCC2CCCN(c3nccs3)C2)cc1OC. The van der Waals surface area contributed by atoms with E-state index in [4.69, 9.17) is 9.47 Å². The zero-order chi connectivity index (χ0) is 19.1. The van der Waals surface area contributed by atoms with Crippen molar-refractivity contribution in [3.63, 3.8) is 0 Å². The molecular weight excluding hydrogens is 364 g/mol. The Hall–Kier alpha value is -2.48. The molecule has 0 aliphatic carbocycles. The summed E-state index contributed by atoms with van der Waals surface area (Å²) >= 11 is 1.66. The molecule has 146 valence electrons. The van der Waals surface area contributed by atoms with E-state index in [9.17, 15) is 4.79 Å². The average Bonchev–Trinajstić information content (AvgIpc) is 3.25. The third-order valence-corrected chi connectivity index (χ3v) is 5.49. The van der Waals surface area contributed by atoms with E-state index in [1.165, 1.54) is 0 Å². The largest absolute Gasteiger partial charge is 0.493 e.